The molecular weight excluding hydrogens is 405 g/mol. The predicted molar refractivity (Wildman–Crippen MR) is 95.3 cm³/mol. The van der Waals surface area contributed by atoms with Crippen LogP contribution in [0.4, 0.5) is 26.3 Å². The van der Waals surface area contributed by atoms with Crippen molar-refractivity contribution in [2.45, 2.75) is 38.7 Å². The van der Waals surface area contributed by atoms with Gasteiger partial charge in [-0.05, 0) is 25.5 Å². The highest BCUT2D eigenvalue weighted by molar-refractivity contribution is 7.68. The van der Waals surface area contributed by atoms with Crippen LogP contribution in [0, 0.1) is 0 Å². The highest BCUT2D eigenvalue weighted by Gasteiger charge is 2.42. The molecule has 0 aliphatic heterocycles. The van der Waals surface area contributed by atoms with Crippen molar-refractivity contribution in [3.8, 4) is 0 Å². The highest BCUT2D eigenvalue weighted by Crippen LogP contribution is 2.43. The minimum atomic E-state index is -5.12. The maximum atomic E-state index is 13.4. The number of rotatable bonds is 6. The van der Waals surface area contributed by atoms with Gasteiger partial charge in [0.2, 0.25) is 0 Å². The molecule has 0 amide bonds. The first-order chi connectivity index (χ1) is 13.0. The molecule has 0 aromatic heterocycles. The van der Waals surface area contributed by atoms with Crippen LogP contribution in [-0.4, -0.2) is 12.4 Å². The van der Waals surface area contributed by atoms with Crippen LogP contribution in [-0.2, 0) is 16.9 Å². The first-order valence-corrected chi connectivity index (χ1v) is 9.54. The lowest BCUT2D eigenvalue weighted by Crippen LogP contribution is -2.24. The molecule has 0 N–H and O–H groups in total. The molecule has 2 aromatic carbocycles. The maximum Gasteiger partial charge on any atom is 0.417 e. The molecule has 2 unspecified atom stereocenters. The summed E-state index contributed by atoms with van der Waals surface area (Å²) in [7, 11) is -1.96. The highest BCUT2D eigenvalue weighted by atomic mass is 31.1. The fraction of sp³-hybridized carbons (Fsp3) is 0.316. The van der Waals surface area contributed by atoms with Crippen molar-refractivity contribution in [3.63, 3.8) is 0 Å². The summed E-state index contributed by atoms with van der Waals surface area (Å²) in [5.74, 6) is 0. The van der Waals surface area contributed by atoms with E-state index in [-0.39, 0.29) is 11.4 Å². The minimum Gasteiger partial charge on any atom is -0.347 e. The number of aldehydes is 1. The summed E-state index contributed by atoms with van der Waals surface area (Å²) in [6.07, 6.45) is -10.5. The van der Waals surface area contributed by atoms with Gasteiger partial charge in [-0.25, -0.2) is 0 Å². The summed E-state index contributed by atoms with van der Waals surface area (Å²) in [6, 6.07) is 9.27. The van der Waals surface area contributed by atoms with Gasteiger partial charge in [0.25, 0.3) is 0 Å². The van der Waals surface area contributed by atoms with Gasteiger partial charge < -0.3 is 4.52 Å². The van der Waals surface area contributed by atoms with Crippen molar-refractivity contribution in [1.82, 2.24) is 0 Å². The van der Waals surface area contributed by atoms with Gasteiger partial charge in [-0.3, -0.25) is 4.79 Å². The molecule has 0 saturated carbocycles. The van der Waals surface area contributed by atoms with E-state index < -0.39 is 43.5 Å². The van der Waals surface area contributed by atoms with Gasteiger partial charge >= 0.3 is 12.4 Å². The van der Waals surface area contributed by atoms with Crippen LogP contribution in [0.2, 0.25) is 0 Å². The van der Waals surface area contributed by atoms with Crippen LogP contribution in [0.5, 0.6) is 0 Å². The van der Waals surface area contributed by atoms with Crippen LogP contribution >= 0.6 is 8.15 Å². The molecule has 0 saturated heterocycles. The number of carbonyl (C=O) groups is 1. The Bertz CT molecular complexity index is 782. The van der Waals surface area contributed by atoms with Crippen molar-refractivity contribution in [3.05, 3.63) is 59.2 Å². The van der Waals surface area contributed by atoms with Crippen molar-refractivity contribution in [2.24, 2.45) is 0 Å². The number of carbonyl (C=O) groups excluding carboxylic acids is 1. The Kier molecular flexibility index (Phi) is 6.88. The molecule has 0 spiro atoms. The lowest BCUT2D eigenvalue weighted by molar-refractivity contribution is -0.143. The van der Waals surface area contributed by atoms with Gasteiger partial charge in [-0.15, -0.1) is 0 Å². The van der Waals surface area contributed by atoms with Crippen molar-refractivity contribution in [1.29, 1.82) is 0 Å². The Morgan fingerprint density at radius 2 is 1.46 bits per heavy atom. The summed E-state index contributed by atoms with van der Waals surface area (Å²) >= 11 is 0. The Labute approximate surface area is 159 Å². The molecule has 2 aromatic rings. The molecule has 0 heterocycles. The standard InChI is InChI=1S/C19H17F6O2P/c1-3-12(2)27-28(13-7-5-4-6-8-13)14-9-16(18(20,21)22)15(11-26)17(10-14)19(23,24)25/h4-12H,3H2,1-2H3. The second-order valence-corrected chi connectivity index (χ2v) is 7.85. The molecule has 0 radical (unpaired) electrons. The topological polar surface area (TPSA) is 26.3 Å². The van der Waals surface area contributed by atoms with Crippen molar-refractivity contribution < 1.29 is 35.7 Å². The van der Waals surface area contributed by atoms with Gasteiger partial charge in [-0.2, -0.15) is 26.3 Å². The largest absolute Gasteiger partial charge is 0.417 e. The van der Waals surface area contributed by atoms with Crippen LogP contribution in [0.3, 0.4) is 0 Å². The molecule has 9 heteroatoms. The number of benzene rings is 2. The number of halogens is 6. The van der Waals surface area contributed by atoms with E-state index in [0.29, 0.717) is 23.9 Å². The Hall–Kier alpha value is -1.92. The molecule has 2 nitrogen and oxygen atoms in total. The van der Waals surface area contributed by atoms with E-state index >= 15 is 0 Å². The average Bonchev–Trinajstić information content (AvgIpc) is 2.64. The third-order valence-corrected chi connectivity index (χ3v) is 6.04. The molecule has 0 fully saturated rings. The molecule has 152 valence electrons. The summed E-state index contributed by atoms with van der Waals surface area (Å²) in [6.45, 7) is 3.48. The first-order valence-electron chi connectivity index (χ1n) is 8.28. The fourth-order valence-electron chi connectivity index (χ4n) is 2.44. The van der Waals surface area contributed by atoms with Crippen LogP contribution in [0.25, 0.3) is 0 Å². The zero-order valence-electron chi connectivity index (χ0n) is 14.9. The van der Waals surface area contributed by atoms with Gasteiger partial charge in [0, 0.05) is 16.2 Å². The van der Waals surface area contributed by atoms with Crippen molar-refractivity contribution >= 4 is 25.0 Å². The molecule has 2 rings (SSSR count). The number of hydrogen-bond acceptors (Lipinski definition) is 2. The zero-order chi connectivity index (χ0) is 21.1. The lowest BCUT2D eigenvalue weighted by Gasteiger charge is -2.25. The fourth-order valence-corrected chi connectivity index (χ4v) is 4.43. The predicted octanol–water partition coefficient (Wildman–Crippen LogP) is 5.70. The first kappa shape index (κ1) is 22.4. The van der Waals surface area contributed by atoms with E-state index in [1.807, 2.05) is 0 Å². The Balaban J connectivity index is 2.77. The second-order valence-electron chi connectivity index (χ2n) is 6.02. The van der Waals surface area contributed by atoms with E-state index in [1.54, 1.807) is 44.2 Å². The van der Waals surface area contributed by atoms with Gasteiger partial charge in [0.15, 0.2) is 6.29 Å². The second kappa shape index (κ2) is 8.62. The summed E-state index contributed by atoms with van der Waals surface area (Å²) in [5.41, 5.74) is -4.66. The minimum absolute atomic E-state index is 0.258. The monoisotopic (exact) mass is 422 g/mol. The molecule has 0 aliphatic rings. The van der Waals surface area contributed by atoms with Crippen LogP contribution in [0.15, 0.2) is 42.5 Å². The summed E-state index contributed by atoms with van der Waals surface area (Å²) < 4.78 is 86.3. The molecule has 2 atom stereocenters. The van der Waals surface area contributed by atoms with Crippen molar-refractivity contribution in [2.75, 3.05) is 0 Å². The zero-order valence-corrected chi connectivity index (χ0v) is 15.8. The smallest absolute Gasteiger partial charge is 0.347 e. The normalized spacial score (nSPS) is 14.6. The molecule has 0 aliphatic carbocycles. The van der Waals surface area contributed by atoms with E-state index in [2.05, 4.69) is 0 Å². The van der Waals surface area contributed by atoms with E-state index in [1.165, 1.54) is 0 Å². The lowest BCUT2D eigenvalue weighted by atomic mass is 10.0. The maximum absolute atomic E-state index is 13.4. The van der Waals surface area contributed by atoms with E-state index in [9.17, 15) is 31.1 Å². The SMILES string of the molecule is CCC(C)OP(c1ccccc1)c1cc(C(F)(F)F)c(C=O)c(C(F)(F)F)c1. The quantitative estimate of drug-likeness (QED) is 0.339. The van der Waals surface area contributed by atoms with Crippen LogP contribution in [0.1, 0.15) is 41.8 Å². The van der Waals surface area contributed by atoms with E-state index in [4.69, 9.17) is 4.52 Å². The number of hydrogen-bond donors (Lipinski definition) is 0. The molecular formula is C19H17F6O2P. The molecule has 0 bridgehead atoms. The molecule has 28 heavy (non-hydrogen) atoms. The van der Waals surface area contributed by atoms with Gasteiger partial charge in [0.05, 0.1) is 25.4 Å². The van der Waals surface area contributed by atoms with Gasteiger partial charge in [-0.1, -0.05) is 37.3 Å². The summed E-state index contributed by atoms with van der Waals surface area (Å²) in [4.78, 5) is 11.1. The Morgan fingerprint density at radius 1 is 0.964 bits per heavy atom. The third-order valence-electron chi connectivity index (χ3n) is 3.98. The van der Waals surface area contributed by atoms with E-state index in [0.717, 1.165) is 0 Å². The van der Waals surface area contributed by atoms with Crippen LogP contribution < -0.4 is 10.6 Å². The summed E-state index contributed by atoms with van der Waals surface area (Å²) in [5, 5.41) is 0.213. The van der Waals surface area contributed by atoms with Gasteiger partial charge in [0.1, 0.15) is 0 Å². The average molecular weight is 422 g/mol. The third kappa shape index (κ3) is 5.11. The number of alkyl halides is 6. The Morgan fingerprint density at radius 3 is 1.86 bits per heavy atom.